The molecule has 2 aromatic rings. The Labute approximate surface area is 118 Å². The second-order valence-electron chi connectivity index (χ2n) is 3.82. The number of hydrogen-bond acceptors (Lipinski definition) is 2. The van der Waals surface area contributed by atoms with Crippen LogP contribution >= 0.6 is 27.5 Å². The summed E-state index contributed by atoms with van der Waals surface area (Å²) in [6.45, 7) is 0. The van der Waals surface area contributed by atoms with Crippen molar-refractivity contribution in [3.8, 4) is 0 Å². The number of benzene rings is 2. The molecule has 1 atom stereocenters. The zero-order chi connectivity index (χ0) is 13.1. The molecule has 0 aromatic heterocycles. The predicted molar refractivity (Wildman–Crippen MR) is 74.7 cm³/mol. The maximum Gasteiger partial charge on any atom is 0.128 e. The van der Waals surface area contributed by atoms with E-state index in [1.165, 1.54) is 6.07 Å². The fourth-order valence-corrected chi connectivity index (χ4v) is 2.26. The highest BCUT2D eigenvalue weighted by Crippen LogP contribution is 2.27. The summed E-state index contributed by atoms with van der Waals surface area (Å²) in [6.07, 6.45) is 0. The maximum atomic E-state index is 13.8. The fourth-order valence-electron chi connectivity index (χ4n) is 1.76. The van der Waals surface area contributed by atoms with E-state index in [1.54, 1.807) is 24.3 Å². The van der Waals surface area contributed by atoms with E-state index in [2.05, 4.69) is 21.4 Å². The lowest BCUT2D eigenvalue weighted by Gasteiger charge is -2.18. The van der Waals surface area contributed by atoms with Crippen molar-refractivity contribution in [3.63, 3.8) is 0 Å². The molecule has 0 aliphatic heterocycles. The van der Waals surface area contributed by atoms with Crippen LogP contribution in [0.15, 0.2) is 46.9 Å². The van der Waals surface area contributed by atoms with Crippen molar-refractivity contribution < 1.29 is 4.39 Å². The van der Waals surface area contributed by atoms with E-state index in [0.717, 1.165) is 10.0 Å². The Bertz CT molecular complexity index is 545. The minimum Gasteiger partial charge on any atom is -0.271 e. The molecular formula is C13H11BrClFN2. The van der Waals surface area contributed by atoms with Gasteiger partial charge in [-0.3, -0.25) is 5.84 Å². The van der Waals surface area contributed by atoms with Gasteiger partial charge in [0.1, 0.15) is 5.82 Å². The van der Waals surface area contributed by atoms with Crippen LogP contribution in [0.5, 0.6) is 0 Å². The highest BCUT2D eigenvalue weighted by atomic mass is 79.9. The summed E-state index contributed by atoms with van der Waals surface area (Å²) in [7, 11) is 0. The molecule has 0 spiro atoms. The van der Waals surface area contributed by atoms with Crippen molar-refractivity contribution in [2.75, 3.05) is 0 Å². The molecular weight excluding hydrogens is 319 g/mol. The second kappa shape index (κ2) is 5.80. The summed E-state index contributed by atoms with van der Waals surface area (Å²) in [5.74, 6) is 5.22. The van der Waals surface area contributed by atoms with Crippen LogP contribution in [0.3, 0.4) is 0 Å². The van der Waals surface area contributed by atoms with E-state index in [1.807, 2.05) is 12.1 Å². The molecule has 0 saturated heterocycles. The number of hydrazine groups is 1. The zero-order valence-corrected chi connectivity index (χ0v) is 11.7. The molecule has 2 aromatic carbocycles. The van der Waals surface area contributed by atoms with Crippen LogP contribution in [-0.4, -0.2) is 0 Å². The van der Waals surface area contributed by atoms with Gasteiger partial charge >= 0.3 is 0 Å². The first-order valence-electron chi connectivity index (χ1n) is 5.28. The maximum absolute atomic E-state index is 13.8. The van der Waals surface area contributed by atoms with Gasteiger partial charge in [-0.25, -0.2) is 9.82 Å². The first kappa shape index (κ1) is 13.5. The Kier molecular flexibility index (Phi) is 4.35. The molecule has 2 rings (SSSR count). The summed E-state index contributed by atoms with van der Waals surface area (Å²) in [5, 5.41) is 0.629. The smallest absolute Gasteiger partial charge is 0.128 e. The van der Waals surface area contributed by atoms with Crippen molar-refractivity contribution in [3.05, 3.63) is 68.9 Å². The Morgan fingerprint density at radius 2 is 1.83 bits per heavy atom. The summed E-state index contributed by atoms with van der Waals surface area (Å²) >= 11 is 9.15. The SMILES string of the molecule is NNC(c1ccc(Cl)cc1)c1cc(Br)ccc1F. The number of rotatable bonds is 3. The minimum atomic E-state index is -0.417. The van der Waals surface area contributed by atoms with E-state index in [9.17, 15) is 4.39 Å². The van der Waals surface area contributed by atoms with Gasteiger partial charge < -0.3 is 0 Å². The molecule has 0 heterocycles. The average molecular weight is 330 g/mol. The molecule has 0 radical (unpaired) electrons. The van der Waals surface area contributed by atoms with E-state index in [-0.39, 0.29) is 5.82 Å². The molecule has 18 heavy (non-hydrogen) atoms. The molecule has 0 fully saturated rings. The van der Waals surface area contributed by atoms with Crippen molar-refractivity contribution in [1.82, 2.24) is 5.43 Å². The molecule has 0 saturated carbocycles. The lowest BCUT2D eigenvalue weighted by atomic mass is 9.99. The van der Waals surface area contributed by atoms with Crippen LogP contribution in [0.1, 0.15) is 17.2 Å². The third-order valence-electron chi connectivity index (χ3n) is 2.64. The lowest BCUT2D eigenvalue weighted by molar-refractivity contribution is 0.560. The van der Waals surface area contributed by atoms with Crippen LogP contribution in [0.25, 0.3) is 0 Å². The van der Waals surface area contributed by atoms with E-state index < -0.39 is 6.04 Å². The van der Waals surface area contributed by atoms with Gasteiger partial charge in [-0.1, -0.05) is 39.7 Å². The van der Waals surface area contributed by atoms with Gasteiger partial charge in [0.15, 0.2) is 0 Å². The predicted octanol–water partition coefficient (Wildman–Crippen LogP) is 3.79. The quantitative estimate of drug-likeness (QED) is 0.664. The van der Waals surface area contributed by atoms with Gasteiger partial charge in [0, 0.05) is 15.1 Å². The monoisotopic (exact) mass is 328 g/mol. The van der Waals surface area contributed by atoms with E-state index in [4.69, 9.17) is 17.4 Å². The van der Waals surface area contributed by atoms with Gasteiger partial charge in [-0.05, 0) is 35.9 Å². The Morgan fingerprint density at radius 3 is 2.44 bits per heavy atom. The summed E-state index contributed by atoms with van der Waals surface area (Å²) in [6, 6.07) is 11.5. The third kappa shape index (κ3) is 2.90. The van der Waals surface area contributed by atoms with E-state index >= 15 is 0 Å². The molecule has 0 aliphatic rings. The Morgan fingerprint density at radius 1 is 1.17 bits per heavy atom. The minimum absolute atomic E-state index is 0.309. The molecule has 0 aliphatic carbocycles. The first-order valence-corrected chi connectivity index (χ1v) is 6.45. The second-order valence-corrected chi connectivity index (χ2v) is 5.17. The average Bonchev–Trinajstić information content (AvgIpc) is 2.37. The molecule has 94 valence electrons. The van der Waals surface area contributed by atoms with Gasteiger partial charge in [0.05, 0.1) is 6.04 Å². The van der Waals surface area contributed by atoms with Crippen LogP contribution in [-0.2, 0) is 0 Å². The van der Waals surface area contributed by atoms with E-state index in [0.29, 0.717) is 10.6 Å². The summed E-state index contributed by atoms with van der Waals surface area (Å²) < 4.78 is 14.6. The van der Waals surface area contributed by atoms with Crippen LogP contribution < -0.4 is 11.3 Å². The topological polar surface area (TPSA) is 38.0 Å². The van der Waals surface area contributed by atoms with Crippen LogP contribution in [0.2, 0.25) is 5.02 Å². The molecule has 0 amide bonds. The molecule has 0 bridgehead atoms. The van der Waals surface area contributed by atoms with Gasteiger partial charge in [-0.2, -0.15) is 0 Å². The normalized spacial score (nSPS) is 12.4. The molecule has 1 unspecified atom stereocenters. The zero-order valence-electron chi connectivity index (χ0n) is 9.33. The molecule has 2 nitrogen and oxygen atoms in total. The number of nitrogens with one attached hydrogen (secondary N) is 1. The number of hydrogen-bond donors (Lipinski definition) is 2. The lowest BCUT2D eigenvalue weighted by Crippen LogP contribution is -2.29. The first-order chi connectivity index (χ1) is 8.61. The van der Waals surface area contributed by atoms with Gasteiger partial charge in [0.25, 0.3) is 0 Å². The number of nitrogens with two attached hydrogens (primary N) is 1. The summed E-state index contributed by atoms with van der Waals surface area (Å²) in [4.78, 5) is 0. The standard InChI is InChI=1S/C13H11BrClFN2/c14-9-3-6-12(16)11(7-9)13(18-17)8-1-4-10(15)5-2-8/h1-7,13,18H,17H2. The van der Waals surface area contributed by atoms with Crippen molar-refractivity contribution in [2.24, 2.45) is 5.84 Å². The Balaban J connectivity index is 2.44. The van der Waals surface area contributed by atoms with Crippen LogP contribution in [0.4, 0.5) is 4.39 Å². The largest absolute Gasteiger partial charge is 0.271 e. The van der Waals surface area contributed by atoms with Crippen molar-refractivity contribution >= 4 is 27.5 Å². The van der Waals surface area contributed by atoms with Crippen LogP contribution in [0, 0.1) is 5.82 Å². The van der Waals surface area contributed by atoms with Gasteiger partial charge in [-0.15, -0.1) is 0 Å². The molecule has 5 heteroatoms. The highest BCUT2D eigenvalue weighted by molar-refractivity contribution is 9.10. The van der Waals surface area contributed by atoms with Gasteiger partial charge in [0.2, 0.25) is 0 Å². The molecule has 3 N–H and O–H groups in total. The number of halogens is 3. The Hall–Kier alpha value is -0.940. The van der Waals surface area contributed by atoms with Crippen molar-refractivity contribution in [1.29, 1.82) is 0 Å². The fraction of sp³-hybridized carbons (Fsp3) is 0.0769. The summed E-state index contributed by atoms with van der Waals surface area (Å²) in [5.41, 5.74) is 3.95. The third-order valence-corrected chi connectivity index (χ3v) is 3.38. The van der Waals surface area contributed by atoms with Crippen molar-refractivity contribution in [2.45, 2.75) is 6.04 Å². The highest BCUT2D eigenvalue weighted by Gasteiger charge is 2.16.